The molecule has 3 saturated heterocycles. The molecule has 3 rings (SSSR count). The number of nitrogens with zero attached hydrogens (tertiary/aromatic N) is 2. The Morgan fingerprint density at radius 3 is 2.79 bits per heavy atom. The van der Waals surface area contributed by atoms with Crippen molar-refractivity contribution in [1.82, 2.24) is 9.80 Å². The highest BCUT2D eigenvalue weighted by Crippen LogP contribution is 2.27. The molecule has 0 N–H and O–H groups in total. The maximum absolute atomic E-state index is 12.5. The van der Waals surface area contributed by atoms with Crippen molar-refractivity contribution in [3.8, 4) is 0 Å². The van der Waals surface area contributed by atoms with Gasteiger partial charge in [0.05, 0.1) is 6.10 Å². The number of fused-ring (bicyclic) bond motifs is 1. The molecule has 106 valence electrons. The number of carbonyl (C=O) groups excluding carboxylic acids is 2. The summed E-state index contributed by atoms with van der Waals surface area (Å²) < 4.78 is 5.59. The molecule has 0 aromatic rings. The monoisotopic (exact) mass is 266 g/mol. The van der Waals surface area contributed by atoms with E-state index >= 15 is 0 Å². The summed E-state index contributed by atoms with van der Waals surface area (Å²) in [6.07, 6.45) is 5.11. The summed E-state index contributed by atoms with van der Waals surface area (Å²) in [6.45, 7) is 4.09. The maximum atomic E-state index is 12.5. The van der Waals surface area contributed by atoms with Gasteiger partial charge in [0.15, 0.2) is 0 Å². The van der Waals surface area contributed by atoms with Crippen molar-refractivity contribution in [3.63, 3.8) is 0 Å². The van der Waals surface area contributed by atoms with E-state index in [1.807, 2.05) is 6.92 Å². The van der Waals surface area contributed by atoms with E-state index < -0.39 is 0 Å². The predicted octanol–water partition coefficient (Wildman–Crippen LogP) is 0.777. The summed E-state index contributed by atoms with van der Waals surface area (Å²) in [7, 11) is 0. The molecule has 5 nitrogen and oxygen atoms in total. The van der Waals surface area contributed by atoms with Gasteiger partial charge in [-0.1, -0.05) is 0 Å². The van der Waals surface area contributed by atoms with Gasteiger partial charge >= 0.3 is 0 Å². The molecular weight excluding hydrogens is 244 g/mol. The third kappa shape index (κ3) is 2.24. The van der Waals surface area contributed by atoms with Crippen LogP contribution in [0.1, 0.15) is 39.0 Å². The van der Waals surface area contributed by atoms with Crippen molar-refractivity contribution in [3.05, 3.63) is 0 Å². The molecule has 0 saturated carbocycles. The Labute approximate surface area is 113 Å². The zero-order valence-corrected chi connectivity index (χ0v) is 11.5. The SMILES string of the molecule is CC1C(=O)N2CCCC2C(=O)N1CCC1CCCO1. The van der Waals surface area contributed by atoms with Crippen LogP contribution in [-0.4, -0.2) is 59.5 Å². The van der Waals surface area contributed by atoms with E-state index in [4.69, 9.17) is 4.74 Å². The second-order valence-corrected chi connectivity index (χ2v) is 5.82. The summed E-state index contributed by atoms with van der Waals surface area (Å²) in [5.74, 6) is 0.261. The number of piperazine rings is 1. The number of hydrogen-bond acceptors (Lipinski definition) is 3. The summed E-state index contributed by atoms with van der Waals surface area (Å²) in [4.78, 5) is 28.3. The van der Waals surface area contributed by atoms with E-state index in [9.17, 15) is 9.59 Å². The highest BCUT2D eigenvalue weighted by molar-refractivity contribution is 5.97. The number of carbonyl (C=O) groups is 2. The van der Waals surface area contributed by atoms with Gasteiger partial charge in [-0.2, -0.15) is 0 Å². The zero-order chi connectivity index (χ0) is 13.4. The first kappa shape index (κ1) is 12.9. The average molecular weight is 266 g/mol. The largest absolute Gasteiger partial charge is 0.378 e. The molecule has 0 aliphatic carbocycles. The topological polar surface area (TPSA) is 49.9 Å². The fourth-order valence-corrected chi connectivity index (χ4v) is 3.50. The third-order valence-corrected chi connectivity index (χ3v) is 4.64. The average Bonchev–Trinajstić information content (AvgIpc) is 3.07. The van der Waals surface area contributed by atoms with Gasteiger partial charge < -0.3 is 14.5 Å². The molecule has 0 aromatic heterocycles. The molecule has 3 atom stereocenters. The lowest BCUT2D eigenvalue weighted by molar-refractivity contribution is -0.158. The Kier molecular flexibility index (Phi) is 3.48. The van der Waals surface area contributed by atoms with Gasteiger partial charge in [0.25, 0.3) is 0 Å². The standard InChI is InChI=1S/C14H22N2O3/c1-10-13(17)16-7-2-5-12(16)14(18)15(10)8-6-11-4-3-9-19-11/h10-12H,2-9H2,1H3. The van der Waals surface area contributed by atoms with Crippen LogP contribution in [0.15, 0.2) is 0 Å². The summed E-state index contributed by atoms with van der Waals surface area (Å²) in [5, 5.41) is 0. The van der Waals surface area contributed by atoms with Crippen molar-refractivity contribution < 1.29 is 14.3 Å². The second kappa shape index (κ2) is 5.12. The smallest absolute Gasteiger partial charge is 0.246 e. The van der Waals surface area contributed by atoms with Gasteiger partial charge in [-0.3, -0.25) is 9.59 Å². The lowest BCUT2D eigenvalue weighted by Gasteiger charge is -2.41. The van der Waals surface area contributed by atoms with Crippen LogP contribution in [0, 0.1) is 0 Å². The number of ether oxygens (including phenoxy) is 1. The minimum absolute atomic E-state index is 0.120. The summed E-state index contributed by atoms with van der Waals surface area (Å²) in [5.41, 5.74) is 0. The van der Waals surface area contributed by atoms with Crippen LogP contribution in [0.2, 0.25) is 0 Å². The molecule has 0 spiro atoms. The van der Waals surface area contributed by atoms with E-state index in [1.54, 1.807) is 9.80 Å². The minimum atomic E-state index is -0.303. The fraction of sp³-hybridized carbons (Fsp3) is 0.857. The van der Waals surface area contributed by atoms with Crippen LogP contribution in [0.25, 0.3) is 0 Å². The van der Waals surface area contributed by atoms with E-state index in [2.05, 4.69) is 0 Å². The Balaban J connectivity index is 1.65. The Bertz CT molecular complexity index is 379. The molecule has 5 heteroatoms. The molecule has 3 heterocycles. The fourth-order valence-electron chi connectivity index (χ4n) is 3.50. The number of hydrogen-bond donors (Lipinski definition) is 0. The zero-order valence-electron chi connectivity index (χ0n) is 11.5. The first-order chi connectivity index (χ1) is 9.18. The molecule has 0 aromatic carbocycles. The molecule has 3 fully saturated rings. The van der Waals surface area contributed by atoms with Crippen molar-refractivity contribution in [2.75, 3.05) is 19.7 Å². The van der Waals surface area contributed by atoms with Crippen molar-refractivity contribution >= 4 is 11.8 Å². The van der Waals surface area contributed by atoms with Crippen molar-refractivity contribution in [2.24, 2.45) is 0 Å². The Morgan fingerprint density at radius 1 is 1.21 bits per heavy atom. The molecular formula is C14H22N2O3. The molecule has 0 radical (unpaired) electrons. The van der Waals surface area contributed by atoms with Gasteiger partial charge in [-0.15, -0.1) is 0 Å². The molecule has 0 bridgehead atoms. The van der Waals surface area contributed by atoms with Crippen LogP contribution < -0.4 is 0 Å². The van der Waals surface area contributed by atoms with Crippen LogP contribution in [0.5, 0.6) is 0 Å². The van der Waals surface area contributed by atoms with Gasteiger partial charge in [0, 0.05) is 19.7 Å². The normalized spacial score (nSPS) is 35.1. The Morgan fingerprint density at radius 2 is 2.05 bits per heavy atom. The van der Waals surface area contributed by atoms with Crippen LogP contribution in [0.4, 0.5) is 0 Å². The van der Waals surface area contributed by atoms with Gasteiger partial charge in [-0.05, 0) is 39.0 Å². The van der Waals surface area contributed by atoms with Gasteiger partial charge in [-0.25, -0.2) is 0 Å². The predicted molar refractivity (Wildman–Crippen MR) is 69.5 cm³/mol. The maximum Gasteiger partial charge on any atom is 0.246 e. The van der Waals surface area contributed by atoms with Crippen LogP contribution >= 0.6 is 0 Å². The Hall–Kier alpha value is -1.10. The van der Waals surface area contributed by atoms with Gasteiger partial charge in [0.1, 0.15) is 12.1 Å². The molecule has 3 aliphatic rings. The third-order valence-electron chi connectivity index (χ3n) is 4.64. The quantitative estimate of drug-likeness (QED) is 0.758. The van der Waals surface area contributed by atoms with Crippen LogP contribution in [0.3, 0.4) is 0 Å². The first-order valence-corrected chi connectivity index (χ1v) is 7.41. The van der Waals surface area contributed by atoms with Crippen molar-refractivity contribution in [1.29, 1.82) is 0 Å². The summed E-state index contributed by atoms with van der Waals surface area (Å²) in [6, 6.07) is -0.489. The minimum Gasteiger partial charge on any atom is -0.378 e. The van der Waals surface area contributed by atoms with Gasteiger partial charge in [0.2, 0.25) is 11.8 Å². The molecule has 3 aliphatic heterocycles. The van der Waals surface area contributed by atoms with E-state index in [0.29, 0.717) is 6.54 Å². The second-order valence-electron chi connectivity index (χ2n) is 5.82. The highest BCUT2D eigenvalue weighted by Gasteiger charge is 2.45. The van der Waals surface area contributed by atoms with Crippen molar-refractivity contribution in [2.45, 2.75) is 57.2 Å². The highest BCUT2D eigenvalue weighted by atomic mass is 16.5. The molecule has 2 amide bonds. The van der Waals surface area contributed by atoms with Crippen LogP contribution in [-0.2, 0) is 14.3 Å². The van der Waals surface area contributed by atoms with E-state index in [-0.39, 0.29) is 30.0 Å². The van der Waals surface area contributed by atoms with E-state index in [0.717, 1.165) is 45.3 Å². The molecule has 19 heavy (non-hydrogen) atoms. The molecule has 3 unspecified atom stereocenters. The number of rotatable bonds is 3. The lowest BCUT2D eigenvalue weighted by atomic mass is 10.0. The number of amides is 2. The lowest BCUT2D eigenvalue weighted by Crippen LogP contribution is -2.62. The van der Waals surface area contributed by atoms with E-state index in [1.165, 1.54) is 0 Å². The summed E-state index contributed by atoms with van der Waals surface area (Å²) >= 11 is 0. The first-order valence-electron chi connectivity index (χ1n) is 7.41.